The Morgan fingerprint density at radius 2 is 0.895 bits per heavy atom. The maximum atomic E-state index is 11.1. The van der Waals surface area contributed by atoms with Crippen molar-refractivity contribution >= 4 is 33.9 Å². The summed E-state index contributed by atoms with van der Waals surface area (Å²) >= 11 is 0. The van der Waals surface area contributed by atoms with Crippen LogP contribution in [-0.2, 0) is 22.7 Å². The number of rotatable bonds is 3. The molecule has 0 saturated heterocycles. The highest BCUT2D eigenvalue weighted by Crippen LogP contribution is 2.49. The lowest BCUT2D eigenvalue weighted by Crippen LogP contribution is -2.21. The molecule has 14 nitrogen and oxygen atoms in total. The van der Waals surface area contributed by atoms with Crippen molar-refractivity contribution in [2.24, 2.45) is 17.2 Å². The summed E-state index contributed by atoms with van der Waals surface area (Å²) in [5, 5.41) is 0. The first-order valence-corrected chi connectivity index (χ1v) is 6.63. The maximum Gasteiger partial charge on any atom is 0.657 e. The van der Waals surface area contributed by atoms with Crippen molar-refractivity contribution in [2.45, 2.75) is 0 Å². The van der Waals surface area contributed by atoms with Crippen molar-refractivity contribution in [1.29, 1.82) is 0 Å². The van der Waals surface area contributed by atoms with Gasteiger partial charge in [0.25, 0.3) is 0 Å². The van der Waals surface area contributed by atoms with Crippen LogP contribution in [0.5, 0.6) is 0 Å². The number of nitrogens with two attached hydrogens (primary N) is 3. The van der Waals surface area contributed by atoms with Gasteiger partial charge < -0.3 is 45.5 Å². The van der Waals surface area contributed by atoms with E-state index in [4.69, 9.17) is 19.2 Å². The van der Waals surface area contributed by atoms with Gasteiger partial charge in [-0.25, -0.2) is 18.9 Å². The van der Waals surface area contributed by atoms with Crippen LogP contribution in [0.1, 0.15) is 0 Å². The summed E-state index contributed by atoms with van der Waals surface area (Å²) in [5.41, 5.74) is 13.3. The second kappa shape index (κ2) is 7.56. The summed E-state index contributed by atoms with van der Waals surface area (Å²) in [6.45, 7) is 0. The fraction of sp³-hybridized carbons (Fsp3) is 0. The van der Waals surface area contributed by atoms with E-state index in [0.717, 1.165) is 0 Å². The summed E-state index contributed by atoms with van der Waals surface area (Å²) in [5.74, 6) is 0. The minimum Gasteiger partial charge on any atom is -0.335 e. The molecule has 0 atom stereocenters. The third-order valence-electron chi connectivity index (χ3n) is 0.605. The summed E-state index contributed by atoms with van der Waals surface area (Å²) in [6, 6.07) is 0. The van der Waals surface area contributed by atoms with Crippen LogP contribution in [0.4, 0.5) is 14.4 Å². The number of carbonyl (C=O) groups excluding carboxylic acids is 3. The van der Waals surface area contributed by atoms with Gasteiger partial charge in [0, 0.05) is 0 Å². The third-order valence-corrected chi connectivity index (χ3v) is 1.82. The third kappa shape index (κ3) is 18.7. The second-order valence-corrected chi connectivity index (χ2v) is 4.66. The molecule has 112 valence electrons. The van der Waals surface area contributed by atoms with Gasteiger partial charge in [0.1, 0.15) is 0 Å². The molecular weight excluding hydrogens is 316 g/mol. The van der Waals surface area contributed by atoms with Gasteiger partial charge in [-0.3, -0.25) is 0 Å². The van der Waals surface area contributed by atoms with E-state index < -0.39 is 33.9 Å². The average Bonchev–Trinajstić information content (AvgIpc) is 1.91. The summed E-state index contributed by atoms with van der Waals surface area (Å²) < 4.78 is 31.1. The minimum absolute atomic E-state index is 1.60. The van der Waals surface area contributed by atoms with Crippen LogP contribution in [0, 0.1) is 0 Å². The number of amides is 3. The number of hydrogen-bond acceptors (Lipinski definition) is 8. The molecule has 0 fully saturated rings. The van der Waals surface area contributed by atoms with Crippen LogP contribution >= 0.6 is 15.6 Å². The van der Waals surface area contributed by atoms with Gasteiger partial charge in [-0.2, -0.15) is 4.57 Å². The standard InChI is InChI=1S/C3H6N3O7P.H3O4P/c4-1(7)11-14(10,12-2(5)8)13-3(6)9;1-5(2,3)4/h(H2,4,7)(H2,5,8)(H2,6,9);(H3,1,2,3,4). The zero-order valence-corrected chi connectivity index (χ0v) is 10.5. The van der Waals surface area contributed by atoms with Crippen LogP contribution in [0.2, 0.25) is 0 Å². The Kier molecular flexibility index (Phi) is 7.75. The molecule has 0 rings (SSSR count). The quantitative estimate of drug-likeness (QED) is 0.324. The molecule has 16 heteroatoms. The molecule has 9 N–H and O–H groups in total. The Labute approximate surface area is 104 Å². The SMILES string of the molecule is NC(=O)OP(=O)(OC(N)=O)OC(N)=O.O=P(O)(O)O. The molecule has 0 aliphatic carbocycles. The van der Waals surface area contributed by atoms with Gasteiger partial charge in [0.2, 0.25) is 0 Å². The van der Waals surface area contributed by atoms with Crippen LogP contribution in [0.25, 0.3) is 0 Å². The maximum absolute atomic E-state index is 11.1. The Morgan fingerprint density at radius 3 is 1.00 bits per heavy atom. The number of hydrogen-bond donors (Lipinski definition) is 6. The number of phosphoric acid groups is 2. The second-order valence-electron chi connectivity index (χ2n) is 2.19. The molecule has 0 spiro atoms. The van der Waals surface area contributed by atoms with Crippen molar-refractivity contribution in [1.82, 2.24) is 0 Å². The molecule has 0 heterocycles. The highest BCUT2D eigenvalue weighted by Gasteiger charge is 2.37. The fourth-order valence-corrected chi connectivity index (χ4v) is 1.16. The van der Waals surface area contributed by atoms with Crippen molar-refractivity contribution in [3.05, 3.63) is 0 Å². The molecule has 0 aromatic rings. The van der Waals surface area contributed by atoms with E-state index in [2.05, 4.69) is 30.8 Å². The van der Waals surface area contributed by atoms with Crippen molar-refractivity contribution in [3.63, 3.8) is 0 Å². The molecule has 0 unspecified atom stereocenters. The smallest absolute Gasteiger partial charge is 0.335 e. The molecular formula is C3H9N3O11P2. The van der Waals surface area contributed by atoms with Crippen LogP contribution in [0.15, 0.2) is 0 Å². The number of phosphoric ester groups is 1. The van der Waals surface area contributed by atoms with E-state index in [0.29, 0.717) is 0 Å². The molecule has 19 heavy (non-hydrogen) atoms. The van der Waals surface area contributed by atoms with Crippen molar-refractivity contribution < 1.29 is 51.8 Å². The zero-order chi connectivity index (χ0) is 15.9. The predicted octanol–water partition coefficient (Wildman–Crippen LogP) is -1.55. The van der Waals surface area contributed by atoms with Gasteiger partial charge in [-0.05, 0) is 0 Å². The topological polar surface area (TPSA) is 252 Å². The van der Waals surface area contributed by atoms with Gasteiger partial charge in [-0.15, -0.1) is 0 Å². The molecule has 0 aromatic heterocycles. The molecule has 3 amide bonds. The van der Waals surface area contributed by atoms with Gasteiger partial charge in [0.15, 0.2) is 0 Å². The Bertz CT molecular complexity index is 385. The van der Waals surface area contributed by atoms with E-state index in [1.54, 1.807) is 0 Å². The Balaban J connectivity index is 0. The van der Waals surface area contributed by atoms with Crippen LogP contribution in [0.3, 0.4) is 0 Å². The molecule has 0 bridgehead atoms. The highest BCUT2D eigenvalue weighted by atomic mass is 31.2. The minimum atomic E-state index is -4.81. The summed E-state index contributed by atoms with van der Waals surface area (Å²) in [7, 11) is -9.45. The van der Waals surface area contributed by atoms with Crippen LogP contribution in [-0.4, -0.2) is 33.0 Å². The Morgan fingerprint density at radius 1 is 0.737 bits per heavy atom. The Hall–Kier alpha value is -1.85. The van der Waals surface area contributed by atoms with Gasteiger partial charge in [0.05, 0.1) is 0 Å². The van der Waals surface area contributed by atoms with E-state index in [-0.39, 0.29) is 0 Å². The largest absolute Gasteiger partial charge is 0.657 e. The van der Waals surface area contributed by atoms with E-state index in [1.165, 1.54) is 0 Å². The van der Waals surface area contributed by atoms with Crippen molar-refractivity contribution in [2.75, 3.05) is 0 Å². The van der Waals surface area contributed by atoms with E-state index in [1.807, 2.05) is 0 Å². The first kappa shape index (κ1) is 19.5. The van der Waals surface area contributed by atoms with Gasteiger partial charge in [-0.1, -0.05) is 0 Å². The fourth-order valence-electron chi connectivity index (χ4n) is 0.386. The first-order chi connectivity index (χ1) is 8.25. The summed E-state index contributed by atoms with van der Waals surface area (Å²) in [4.78, 5) is 52.0. The first-order valence-electron chi connectivity index (χ1n) is 3.60. The molecule has 0 aliphatic heterocycles. The normalized spacial score (nSPS) is 10.5. The monoisotopic (exact) mass is 325 g/mol. The predicted molar refractivity (Wildman–Crippen MR) is 53.9 cm³/mol. The average molecular weight is 325 g/mol. The molecule has 0 aromatic carbocycles. The highest BCUT2D eigenvalue weighted by molar-refractivity contribution is 7.50. The molecule has 0 saturated carbocycles. The van der Waals surface area contributed by atoms with Crippen molar-refractivity contribution in [3.8, 4) is 0 Å². The van der Waals surface area contributed by atoms with Crippen LogP contribution < -0.4 is 17.2 Å². The van der Waals surface area contributed by atoms with Gasteiger partial charge >= 0.3 is 33.9 Å². The zero-order valence-electron chi connectivity index (χ0n) is 8.73. The van der Waals surface area contributed by atoms with E-state index in [9.17, 15) is 18.9 Å². The molecule has 0 radical (unpaired) electrons. The lowest BCUT2D eigenvalue weighted by molar-refractivity contribution is 0.149. The lowest BCUT2D eigenvalue weighted by Gasteiger charge is -2.11. The summed E-state index contributed by atoms with van der Waals surface area (Å²) in [6.07, 6.45) is -4.80. The van der Waals surface area contributed by atoms with E-state index >= 15 is 0 Å². The molecule has 0 aliphatic rings. The number of primary amides is 3. The lowest BCUT2D eigenvalue weighted by atomic mass is 11.3. The number of carbonyl (C=O) groups is 3.